The number of H-pyrrole nitrogens is 1. The first kappa shape index (κ1) is 11.2. The number of nitrogens with one attached hydrogen (secondary N) is 1. The molecule has 14 heavy (non-hydrogen) atoms. The largest absolute Gasteiger partial charge is 0.346 e. The third kappa shape index (κ3) is 2.15. The zero-order valence-corrected chi connectivity index (χ0v) is 9.59. The van der Waals surface area contributed by atoms with Gasteiger partial charge >= 0.3 is 0 Å². The standard InChI is InChI=1S/C11H21N3/c1-5-9(6-12)11-13-8(4)10(14-11)7(2)3/h7,9H,5-6,12H2,1-4H3,(H,13,14). The molecule has 3 nitrogen and oxygen atoms in total. The van der Waals surface area contributed by atoms with Crippen LogP contribution < -0.4 is 5.73 Å². The minimum Gasteiger partial charge on any atom is -0.346 e. The van der Waals surface area contributed by atoms with Crippen LogP contribution in [0.4, 0.5) is 0 Å². The zero-order valence-electron chi connectivity index (χ0n) is 9.59. The first-order valence-electron chi connectivity index (χ1n) is 5.36. The Balaban J connectivity index is 2.95. The molecule has 1 heterocycles. The molecule has 0 amide bonds. The first-order valence-corrected chi connectivity index (χ1v) is 5.36. The summed E-state index contributed by atoms with van der Waals surface area (Å²) in [7, 11) is 0. The Kier molecular flexibility index (Phi) is 3.69. The molecule has 0 aliphatic rings. The Morgan fingerprint density at radius 2 is 2.07 bits per heavy atom. The highest BCUT2D eigenvalue weighted by Crippen LogP contribution is 2.21. The van der Waals surface area contributed by atoms with Crippen molar-refractivity contribution in [2.75, 3.05) is 6.54 Å². The summed E-state index contributed by atoms with van der Waals surface area (Å²) in [5.41, 5.74) is 8.05. The summed E-state index contributed by atoms with van der Waals surface area (Å²) in [4.78, 5) is 7.95. The summed E-state index contributed by atoms with van der Waals surface area (Å²) >= 11 is 0. The molecule has 0 aliphatic heterocycles. The minimum atomic E-state index is 0.376. The second-order valence-corrected chi connectivity index (χ2v) is 4.13. The Morgan fingerprint density at radius 1 is 1.43 bits per heavy atom. The van der Waals surface area contributed by atoms with Crippen molar-refractivity contribution in [1.82, 2.24) is 9.97 Å². The van der Waals surface area contributed by atoms with E-state index in [-0.39, 0.29) is 0 Å². The number of aromatic nitrogens is 2. The molecular weight excluding hydrogens is 174 g/mol. The maximum absolute atomic E-state index is 5.69. The van der Waals surface area contributed by atoms with Crippen LogP contribution in [0.25, 0.3) is 0 Å². The van der Waals surface area contributed by atoms with Gasteiger partial charge in [0.2, 0.25) is 0 Å². The molecule has 3 N–H and O–H groups in total. The van der Waals surface area contributed by atoms with Gasteiger partial charge in [0.05, 0.1) is 5.69 Å². The normalized spacial score (nSPS) is 13.6. The zero-order chi connectivity index (χ0) is 10.7. The third-order valence-electron chi connectivity index (χ3n) is 2.65. The predicted molar refractivity (Wildman–Crippen MR) is 59.5 cm³/mol. The molecule has 80 valence electrons. The van der Waals surface area contributed by atoms with Crippen LogP contribution in [0.1, 0.15) is 56.2 Å². The van der Waals surface area contributed by atoms with Crippen molar-refractivity contribution >= 4 is 0 Å². The fourth-order valence-electron chi connectivity index (χ4n) is 1.72. The van der Waals surface area contributed by atoms with Gasteiger partial charge < -0.3 is 10.7 Å². The molecular formula is C11H21N3. The molecule has 0 saturated heterocycles. The molecule has 3 heteroatoms. The van der Waals surface area contributed by atoms with E-state index in [2.05, 4.69) is 37.7 Å². The lowest BCUT2D eigenvalue weighted by Crippen LogP contribution is -2.13. The molecule has 1 atom stereocenters. The molecule has 0 bridgehead atoms. The lowest BCUT2D eigenvalue weighted by Gasteiger charge is -2.07. The fraction of sp³-hybridized carbons (Fsp3) is 0.727. The summed E-state index contributed by atoms with van der Waals surface area (Å²) in [6.45, 7) is 9.22. The third-order valence-corrected chi connectivity index (χ3v) is 2.65. The average Bonchev–Trinajstić information content (AvgIpc) is 2.50. The summed E-state index contributed by atoms with van der Waals surface area (Å²) < 4.78 is 0. The Hall–Kier alpha value is -0.830. The molecule has 1 rings (SSSR count). The van der Waals surface area contributed by atoms with E-state index in [4.69, 9.17) is 5.73 Å². The highest BCUT2D eigenvalue weighted by Gasteiger charge is 2.15. The quantitative estimate of drug-likeness (QED) is 0.774. The van der Waals surface area contributed by atoms with E-state index in [0.29, 0.717) is 18.4 Å². The van der Waals surface area contributed by atoms with Gasteiger partial charge in [-0.05, 0) is 19.3 Å². The van der Waals surface area contributed by atoms with Crippen molar-refractivity contribution in [3.8, 4) is 0 Å². The number of nitrogens with zero attached hydrogens (tertiary/aromatic N) is 1. The Bertz CT molecular complexity index is 285. The van der Waals surface area contributed by atoms with Crippen molar-refractivity contribution < 1.29 is 0 Å². The van der Waals surface area contributed by atoms with Gasteiger partial charge in [0.25, 0.3) is 0 Å². The number of nitrogens with two attached hydrogens (primary N) is 1. The molecule has 0 saturated carbocycles. The van der Waals surface area contributed by atoms with Gasteiger partial charge in [0.1, 0.15) is 5.82 Å². The summed E-state index contributed by atoms with van der Waals surface area (Å²) in [5.74, 6) is 1.91. The molecule has 0 radical (unpaired) electrons. The smallest absolute Gasteiger partial charge is 0.110 e. The molecule has 0 spiro atoms. The maximum atomic E-state index is 5.69. The van der Waals surface area contributed by atoms with E-state index in [0.717, 1.165) is 12.2 Å². The van der Waals surface area contributed by atoms with Gasteiger partial charge in [-0.2, -0.15) is 0 Å². The van der Waals surface area contributed by atoms with E-state index in [1.807, 2.05) is 0 Å². The summed E-state index contributed by atoms with van der Waals surface area (Å²) in [6.07, 6.45) is 1.04. The van der Waals surface area contributed by atoms with Gasteiger partial charge in [0, 0.05) is 18.2 Å². The minimum absolute atomic E-state index is 0.376. The summed E-state index contributed by atoms with van der Waals surface area (Å²) in [6, 6.07) is 0. The molecule has 0 fully saturated rings. The van der Waals surface area contributed by atoms with Crippen molar-refractivity contribution in [3.63, 3.8) is 0 Å². The number of rotatable bonds is 4. The molecule has 1 aromatic heterocycles. The average molecular weight is 195 g/mol. The van der Waals surface area contributed by atoms with Crippen LogP contribution in [-0.4, -0.2) is 16.5 Å². The van der Waals surface area contributed by atoms with Crippen LogP contribution in [0.5, 0.6) is 0 Å². The highest BCUT2D eigenvalue weighted by atomic mass is 14.9. The predicted octanol–water partition coefficient (Wildman–Crippen LogP) is 2.29. The van der Waals surface area contributed by atoms with Crippen LogP contribution in [0, 0.1) is 6.92 Å². The monoisotopic (exact) mass is 195 g/mol. The lowest BCUT2D eigenvalue weighted by atomic mass is 10.1. The van der Waals surface area contributed by atoms with Gasteiger partial charge in [-0.3, -0.25) is 0 Å². The Labute approximate surface area is 86.1 Å². The van der Waals surface area contributed by atoms with Gasteiger partial charge in [0.15, 0.2) is 0 Å². The van der Waals surface area contributed by atoms with Gasteiger partial charge in [-0.15, -0.1) is 0 Å². The van der Waals surface area contributed by atoms with E-state index in [9.17, 15) is 0 Å². The van der Waals surface area contributed by atoms with E-state index < -0.39 is 0 Å². The van der Waals surface area contributed by atoms with Crippen LogP contribution >= 0.6 is 0 Å². The van der Waals surface area contributed by atoms with Crippen molar-refractivity contribution in [1.29, 1.82) is 0 Å². The van der Waals surface area contributed by atoms with Crippen LogP contribution in [0.15, 0.2) is 0 Å². The maximum Gasteiger partial charge on any atom is 0.110 e. The molecule has 0 aliphatic carbocycles. The van der Waals surface area contributed by atoms with Crippen LogP contribution in [-0.2, 0) is 0 Å². The number of hydrogen-bond acceptors (Lipinski definition) is 2. The van der Waals surface area contributed by atoms with Crippen molar-refractivity contribution in [2.24, 2.45) is 5.73 Å². The van der Waals surface area contributed by atoms with E-state index >= 15 is 0 Å². The first-order chi connectivity index (χ1) is 6.60. The SMILES string of the molecule is CCC(CN)c1nc(C(C)C)c(C)[nH]1. The van der Waals surface area contributed by atoms with E-state index in [1.54, 1.807) is 0 Å². The van der Waals surface area contributed by atoms with Gasteiger partial charge in [-0.1, -0.05) is 20.8 Å². The number of aryl methyl sites for hydroxylation is 1. The Morgan fingerprint density at radius 3 is 2.43 bits per heavy atom. The topological polar surface area (TPSA) is 54.7 Å². The molecule has 1 unspecified atom stereocenters. The fourth-order valence-corrected chi connectivity index (χ4v) is 1.72. The lowest BCUT2D eigenvalue weighted by molar-refractivity contribution is 0.635. The molecule has 1 aromatic rings. The van der Waals surface area contributed by atoms with Gasteiger partial charge in [-0.25, -0.2) is 4.98 Å². The van der Waals surface area contributed by atoms with Crippen molar-refractivity contribution in [2.45, 2.75) is 46.0 Å². The number of imidazole rings is 1. The second-order valence-electron chi connectivity index (χ2n) is 4.13. The number of aromatic amines is 1. The molecule has 0 aromatic carbocycles. The second kappa shape index (κ2) is 4.60. The highest BCUT2D eigenvalue weighted by molar-refractivity contribution is 5.18. The van der Waals surface area contributed by atoms with Crippen molar-refractivity contribution in [3.05, 3.63) is 17.2 Å². The van der Waals surface area contributed by atoms with E-state index in [1.165, 1.54) is 11.4 Å². The number of hydrogen-bond donors (Lipinski definition) is 2. The van der Waals surface area contributed by atoms with Crippen LogP contribution in [0.2, 0.25) is 0 Å². The van der Waals surface area contributed by atoms with Crippen LogP contribution in [0.3, 0.4) is 0 Å². The summed E-state index contributed by atoms with van der Waals surface area (Å²) in [5, 5.41) is 0.